The predicted molar refractivity (Wildman–Crippen MR) is 56.1 cm³/mol. The van der Waals surface area contributed by atoms with Crippen molar-refractivity contribution >= 4 is 9.84 Å². The van der Waals surface area contributed by atoms with Gasteiger partial charge in [-0.2, -0.15) is 0 Å². The van der Waals surface area contributed by atoms with Crippen molar-refractivity contribution < 1.29 is 13.2 Å². The van der Waals surface area contributed by atoms with E-state index in [1.54, 1.807) is 7.11 Å². The summed E-state index contributed by atoms with van der Waals surface area (Å²) in [6.07, 6.45) is 0.718. The Balaban J connectivity index is 2.46. The molecule has 0 aromatic heterocycles. The Morgan fingerprint density at radius 1 is 1.50 bits per heavy atom. The molecule has 0 amide bonds. The Hall–Kier alpha value is -0.130. The number of rotatable bonds is 4. The van der Waals surface area contributed by atoms with Crippen molar-refractivity contribution in [3.05, 3.63) is 0 Å². The van der Waals surface area contributed by atoms with Gasteiger partial charge in [0.05, 0.1) is 18.1 Å². The summed E-state index contributed by atoms with van der Waals surface area (Å²) in [5, 5.41) is 3.31. The van der Waals surface area contributed by atoms with Crippen LogP contribution in [0.1, 0.15) is 20.3 Å². The highest BCUT2D eigenvalue weighted by atomic mass is 32.2. The lowest BCUT2D eigenvalue weighted by Crippen LogP contribution is -2.49. The number of hydrogen-bond acceptors (Lipinski definition) is 4. The molecule has 0 bridgehead atoms. The molecule has 84 valence electrons. The van der Waals surface area contributed by atoms with Crippen molar-refractivity contribution in [2.24, 2.45) is 0 Å². The quantitative estimate of drug-likeness (QED) is 0.736. The van der Waals surface area contributed by atoms with Gasteiger partial charge in [-0.25, -0.2) is 8.42 Å². The van der Waals surface area contributed by atoms with Gasteiger partial charge >= 0.3 is 0 Å². The van der Waals surface area contributed by atoms with Crippen molar-refractivity contribution in [3.63, 3.8) is 0 Å². The van der Waals surface area contributed by atoms with E-state index >= 15 is 0 Å². The third-order valence-corrected chi connectivity index (χ3v) is 4.10. The number of sulfone groups is 1. The number of methoxy groups -OCH3 is 1. The van der Waals surface area contributed by atoms with Gasteiger partial charge in [-0.15, -0.1) is 0 Å². The molecule has 1 aliphatic heterocycles. The Kier molecular flexibility index (Phi) is 3.55. The average molecular weight is 221 g/mol. The summed E-state index contributed by atoms with van der Waals surface area (Å²) in [5.41, 5.74) is -0.153. The summed E-state index contributed by atoms with van der Waals surface area (Å²) in [4.78, 5) is 0. The normalized spacial score (nSPS) is 26.6. The first kappa shape index (κ1) is 11.9. The van der Waals surface area contributed by atoms with Gasteiger partial charge in [0.15, 0.2) is 9.84 Å². The third-order valence-electron chi connectivity index (χ3n) is 2.33. The van der Waals surface area contributed by atoms with Gasteiger partial charge in [-0.05, 0) is 20.3 Å². The van der Waals surface area contributed by atoms with E-state index in [-0.39, 0.29) is 17.3 Å². The molecule has 1 aliphatic rings. The van der Waals surface area contributed by atoms with Crippen LogP contribution in [-0.2, 0) is 14.6 Å². The van der Waals surface area contributed by atoms with E-state index < -0.39 is 9.84 Å². The largest absolute Gasteiger partial charge is 0.383 e. The Morgan fingerprint density at radius 3 is 2.57 bits per heavy atom. The van der Waals surface area contributed by atoms with Crippen molar-refractivity contribution in [3.8, 4) is 0 Å². The van der Waals surface area contributed by atoms with Crippen LogP contribution in [0.4, 0.5) is 0 Å². The van der Waals surface area contributed by atoms with Crippen LogP contribution in [0.2, 0.25) is 0 Å². The smallest absolute Gasteiger partial charge is 0.151 e. The van der Waals surface area contributed by atoms with Gasteiger partial charge < -0.3 is 10.1 Å². The summed E-state index contributed by atoms with van der Waals surface area (Å²) in [7, 11) is -1.14. The van der Waals surface area contributed by atoms with E-state index in [2.05, 4.69) is 5.32 Å². The third kappa shape index (κ3) is 3.55. The minimum Gasteiger partial charge on any atom is -0.383 e. The predicted octanol–water partition coefficient (Wildman–Crippen LogP) is 0.188. The van der Waals surface area contributed by atoms with Crippen LogP contribution in [0, 0.1) is 0 Å². The van der Waals surface area contributed by atoms with Crippen molar-refractivity contribution in [2.75, 3.05) is 25.2 Å². The summed E-state index contributed by atoms with van der Waals surface area (Å²) in [5.74, 6) is 0.577. The van der Waals surface area contributed by atoms with E-state index in [0.717, 1.165) is 6.42 Å². The molecular weight excluding hydrogens is 202 g/mol. The van der Waals surface area contributed by atoms with Crippen LogP contribution in [-0.4, -0.2) is 45.2 Å². The molecule has 1 unspecified atom stereocenters. The second-order valence-corrected chi connectivity index (χ2v) is 6.79. The summed E-state index contributed by atoms with van der Waals surface area (Å²) in [6.45, 7) is 4.62. The zero-order valence-corrected chi connectivity index (χ0v) is 9.86. The molecule has 1 heterocycles. The Labute approximate surface area is 85.9 Å². The lowest BCUT2D eigenvalue weighted by Gasteiger charge is -2.28. The highest BCUT2D eigenvalue weighted by Crippen LogP contribution is 2.15. The van der Waals surface area contributed by atoms with Crippen LogP contribution in [0.3, 0.4) is 0 Å². The van der Waals surface area contributed by atoms with Gasteiger partial charge in [0.25, 0.3) is 0 Å². The van der Waals surface area contributed by atoms with Gasteiger partial charge in [0, 0.05) is 18.7 Å². The number of ether oxygens (including phenoxy) is 1. The Bertz CT molecular complexity index is 284. The molecule has 14 heavy (non-hydrogen) atoms. The highest BCUT2D eigenvalue weighted by Gasteiger charge is 2.31. The van der Waals surface area contributed by atoms with Crippen molar-refractivity contribution in [1.29, 1.82) is 0 Å². The van der Waals surface area contributed by atoms with Gasteiger partial charge in [0.1, 0.15) is 0 Å². The lowest BCUT2D eigenvalue weighted by atomic mass is 10.1. The molecule has 5 heteroatoms. The molecule has 1 rings (SSSR count). The number of nitrogens with one attached hydrogen (secondary N) is 1. The molecule has 0 aromatic carbocycles. The van der Waals surface area contributed by atoms with E-state index in [1.807, 2.05) is 13.8 Å². The standard InChI is InChI=1S/C9H19NO3S/c1-9(2,7-13-3)10-8-4-5-14(11,12)6-8/h8,10H,4-7H2,1-3H3. The first-order valence-electron chi connectivity index (χ1n) is 4.82. The van der Waals surface area contributed by atoms with Crippen LogP contribution in [0.15, 0.2) is 0 Å². The average Bonchev–Trinajstić information content (AvgIpc) is 2.28. The molecule has 1 N–H and O–H groups in total. The molecule has 1 fully saturated rings. The van der Waals surface area contributed by atoms with Gasteiger partial charge in [-0.3, -0.25) is 0 Å². The fourth-order valence-electron chi connectivity index (χ4n) is 1.86. The topological polar surface area (TPSA) is 55.4 Å². The molecular formula is C9H19NO3S. The van der Waals surface area contributed by atoms with E-state index in [9.17, 15) is 8.42 Å². The SMILES string of the molecule is COCC(C)(C)NC1CCS(=O)(=O)C1. The monoisotopic (exact) mass is 221 g/mol. The van der Waals surface area contributed by atoms with Crippen LogP contribution < -0.4 is 5.32 Å². The van der Waals surface area contributed by atoms with Crippen LogP contribution in [0.25, 0.3) is 0 Å². The molecule has 0 spiro atoms. The molecule has 0 radical (unpaired) electrons. The first-order valence-corrected chi connectivity index (χ1v) is 6.64. The van der Waals surface area contributed by atoms with Crippen LogP contribution >= 0.6 is 0 Å². The zero-order chi connectivity index (χ0) is 10.8. The fourth-order valence-corrected chi connectivity index (χ4v) is 3.54. The van der Waals surface area contributed by atoms with Crippen molar-refractivity contribution in [2.45, 2.75) is 31.8 Å². The molecule has 0 aliphatic carbocycles. The fraction of sp³-hybridized carbons (Fsp3) is 1.00. The van der Waals surface area contributed by atoms with E-state index in [1.165, 1.54) is 0 Å². The Morgan fingerprint density at radius 2 is 2.14 bits per heavy atom. The maximum atomic E-state index is 11.2. The van der Waals surface area contributed by atoms with E-state index in [4.69, 9.17) is 4.74 Å². The van der Waals surface area contributed by atoms with E-state index in [0.29, 0.717) is 12.4 Å². The minimum atomic E-state index is -2.79. The summed E-state index contributed by atoms with van der Waals surface area (Å²) in [6, 6.07) is 0.0881. The van der Waals surface area contributed by atoms with Gasteiger partial charge in [0.2, 0.25) is 0 Å². The second kappa shape index (κ2) is 4.16. The summed E-state index contributed by atoms with van der Waals surface area (Å²) < 4.78 is 27.5. The van der Waals surface area contributed by atoms with Crippen LogP contribution in [0.5, 0.6) is 0 Å². The molecule has 0 saturated carbocycles. The molecule has 1 atom stereocenters. The molecule has 4 nitrogen and oxygen atoms in total. The molecule has 1 saturated heterocycles. The van der Waals surface area contributed by atoms with Gasteiger partial charge in [-0.1, -0.05) is 0 Å². The summed E-state index contributed by atoms with van der Waals surface area (Å²) >= 11 is 0. The first-order chi connectivity index (χ1) is 6.35. The number of hydrogen-bond donors (Lipinski definition) is 1. The highest BCUT2D eigenvalue weighted by molar-refractivity contribution is 7.91. The lowest BCUT2D eigenvalue weighted by molar-refractivity contribution is 0.122. The maximum Gasteiger partial charge on any atom is 0.151 e. The minimum absolute atomic E-state index is 0.0881. The van der Waals surface area contributed by atoms with Crippen molar-refractivity contribution in [1.82, 2.24) is 5.32 Å². The maximum absolute atomic E-state index is 11.2. The molecule has 0 aromatic rings. The second-order valence-electron chi connectivity index (χ2n) is 4.56. The zero-order valence-electron chi connectivity index (χ0n) is 9.04.